The van der Waals surface area contributed by atoms with Crippen molar-refractivity contribution in [2.75, 3.05) is 18.0 Å². The van der Waals surface area contributed by atoms with Gasteiger partial charge in [-0.15, -0.1) is 0 Å². The Labute approximate surface area is 173 Å². The number of carbonyl (C=O) groups is 1. The Bertz CT molecular complexity index is 861. The molecule has 29 heavy (non-hydrogen) atoms. The molecule has 0 aromatic heterocycles. The van der Waals surface area contributed by atoms with Crippen molar-refractivity contribution in [1.29, 1.82) is 0 Å². The van der Waals surface area contributed by atoms with Crippen LogP contribution in [0.5, 0.6) is 0 Å². The lowest BCUT2D eigenvalue weighted by Crippen LogP contribution is -2.25. The van der Waals surface area contributed by atoms with Crippen LogP contribution in [0.3, 0.4) is 0 Å². The molecule has 0 spiro atoms. The van der Waals surface area contributed by atoms with Gasteiger partial charge in [-0.05, 0) is 41.7 Å². The minimum Gasteiger partial charge on any atom is -0.372 e. The fourth-order valence-corrected chi connectivity index (χ4v) is 4.06. The molecule has 3 aromatic rings. The quantitative estimate of drug-likeness (QED) is 0.613. The number of rotatable bonds is 7. The van der Waals surface area contributed by atoms with Gasteiger partial charge < -0.3 is 10.2 Å². The first-order valence-electron chi connectivity index (χ1n) is 10.5. The summed E-state index contributed by atoms with van der Waals surface area (Å²) >= 11 is 0. The van der Waals surface area contributed by atoms with E-state index in [0.29, 0.717) is 13.0 Å². The summed E-state index contributed by atoms with van der Waals surface area (Å²) in [4.78, 5) is 15.2. The molecule has 1 saturated heterocycles. The van der Waals surface area contributed by atoms with E-state index in [4.69, 9.17) is 0 Å². The number of benzene rings is 3. The van der Waals surface area contributed by atoms with E-state index >= 15 is 0 Å². The van der Waals surface area contributed by atoms with Crippen LogP contribution in [-0.4, -0.2) is 19.0 Å². The third-order valence-corrected chi connectivity index (χ3v) is 5.69. The van der Waals surface area contributed by atoms with E-state index in [-0.39, 0.29) is 11.8 Å². The second-order valence-corrected chi connectivity index (χ2v) is 7.72. The van der Waals surface area contributed by atoms with Gasteiger partial charge in [0.1, 0.15) is 0 Å². The number of carbonyl (C=O) groups excluding carboxylic acids is 1. The summed E-state index contributed by atoms with van der Waals surface area (Å²) in [5, 5.41) is 3.11. The van der Waals surface area contributed by atoms with Crippen molar-refractivity contribution in [3.8, 4) is 0 Å². The standard InChI is InChI=1S/C26H28N2O/c29-26(27-20-21-13-15-24(16-14-21)28-17-7-8-18-28)19-25(22-9-3-1-4-10-22)23-11-5-2-6-12-23/h1-6,9-16,25H,7-8,17-20H2,(H,27,29). The second-order valence-electron chi connectivity index (χ2n) is 7.72. The number of nitrogens with one attached hydrogen (secondary N) is 1. The molecule has 0 radical (unpaired) electrons. The van der Waals surface area contributed by atoms with Gasteiger partial charge in [-0.1, -0.05) is 72.8 Å². The summed E-state index contributed by atoms with van der Waals surface area (Å²) in [6, 6.07) is 29.1. The molecular weight excluding hydrogens is 356 g/mol. The van der Waals surface area contributed by atoms with Crippen molar-refractivity contribution in [3.05, 3.63) is 102 Å². The van der Waals surface area contributed by atoms with Gasteiger partial charge in [-0.25, -0.2) is 0 Å². The lowest BCUT2D eigenvalue weighted by Gasteiger charge is -2.19. The Morgan fingerprint density at radius 1 is 0.793 bits per heavy atom. The SMILES string of the molecule is O=C(CC(c1ccccc1)c1ccccc1)NCc1ccc(N2CCCC2)cc1. The van der Waals surface area contributed by atoms with E-state index in [9.17, 15) is 4.79 Å². The molecule has 1 N–H and O–H groups in total. The van der Waals surface area contributed by atoms with Crippen molar-refractivity contribution in [2.24, 2.45) is 0 Å². The van der Waals surface area contributed by atoms with Crippen molar-refractivity contribution in [3.63, 3.8) is 0 Å². The fourth-order valence-electron chi connectivity index (χ4n) is 4.06. The third kappa shape index (κ3) is 5.05. The molecule has 0 unspecified atom stereocenters. The Morgan fingerprint density at radius 3 is 1.90 bits per heavy atom. The Kier molecular flexibility index (Phi) is 6.25. The van der Waals surface area contributed by atoms with Gasteiger partial charge in [0.2, 0.25) is 5.91 Å². The minimum absolute atomic E-state index is 0.0648. The number of nitrogens with zero attached hydrogens (tertiary/aromatic N) is 1. The van der Waals surface area contributed by atoms with Crippen LogP contribution >= 0.6 is 0 Å². The first-order chi connectivity index (χ1) is 14.3. The zero-order chi connectivity index (χ0) is 19.9. The van der Waals surface area contributed by atoms with E-state index < -0.39 is 0 Å². The average molecular weight is 385 g/mol. The first kappa shape index (κ1) is 19.3. The molecule has 1 aliphatic heterocycles. The van der Waals surface area contributed by atoms with E-state index in [0.717, 1.165) is 18.7 Å². The summed E-state index contributed by atoms with van der Waals surface area (Å²) in [6.07, 6.45) is 3.00. The summed E-state index contributed by atoms with van der Waals surface area (Å²) in [5.41, 5.74) is 4.76. The highest BCUT2D eigenvalue weighted by Gasteiger charge is 2.18. The van der Waals surface area contributed by atoms with Crippen LogP contribution < -0.4 is 10.2 Å². The van der Waals surface area contributed by atoms with Crippen LogP contribution in [0.4, 0.5) is 5.69 Å². The van der Waals surface area contributed by atoms with Gasteiger partial charge in [-0.3, -0.25) is 4.79 Å². The van der Waals surface area contributed by atoms with Crippen molar-refractivity contribution >= 4 is 11.6 Å². The van der Waals surface area contributed by atoms with Crippen LogP contribution in [0.2, 0.25) is 0 Å². The molecule has 0 aliphatic carbocycles. The van der Waals surface area contributed by atoms with Crippen molar-refractivity contribution in [2.45, 2.75) is 31.7 Å². The maximum Gasteiger partial charge on any atom is 0.221 e. The van der Waals surface area contributed by atoms with E-state index in [1.807, 2.05) is 36.4 Å². The molecule has 3 nitrogen and oxygen atoms in total. The molecule has 1 aliphatic rings. The Balaban J connectivity index is 1.38. The highest BCUT2D eigenvalue weighted by Crippen LogP contribution is 2.28. The van der Waals surface area contributed by atoms with E-state index in [1.165, 1.54) is 29.7 Å². The number of anilines is 1. The summed E-state index contributed by atoms with van der Waals surface area (Å²) < 4.78 is 0. The predicted octanol–water partition coefficient (Wildman–Crippen LogP) is 5.13. The molecule has 1 amide bonds. The van der Waals surface area contributed by atoms with Gasteiger partial charge in [-0.2, -0.15) is 0 Å². The van der Waals surface area contributed by atoms with Crippen LogP contribution in [0, 0.1) is 0 Å². The van der Waals surface area contributed by atoms with Crippen LogP contribution in [0.1, 0.15) is 41.9 Å². The summed E-state index contributed by atoms with van der Waals surface area (Å²) in [6.45, 7) is 2.86. The van der Waals surface area contributed by atoms with Gasteiger partial charge in [0.15, 0.2) is 0 Å². The average Bonchev–Trinajstić information content (AvgIpc) is 3.33. The molecule has 0 bridgehead atoms. The number of amides is 1. The highest BCUT2D eigenvalue weighted by atomic mass is 16.1. The van der Waals surface area contributed by atoms with E-state index in [1.54, 1.807) is 0 Å². The summed E-state index contributed by atoms with van der Waals surface area (Å²) in [5.74, 6) is 0.140. The number of hydrogen-bond donors (Lipinski definition) is 1. The highest BCUT2D eigenvalue weighted by molar-refractivity contribution is 5.77. The maximum absolute atomic E-state index is 12.7. The largest absolute Gasteiger partial charge is 0.372 e. The lowest BCUT2D eigenvalue weighted by atomic mass is 9.88. The van der Waals surface area contributed by atoms with Gasteiger partial charge in [0.25, 0.3) is 0 Å². The van der Waals surface area contributed by atoms with Crippen LogP contribution in [0.15, 0.2) is 84.9 Å². The zero-order valence-electron chi connectivity index (χ0n) is 16.8. The second kappa shape index (κ2) is 9.42. The van der Waals surface area contributed by atoms with Crippen LogP contribution in [-0.2, 0) is 11.3 Å². The molecule has 3 heteroatoms. The lowest BCUT2D eigenvalue weighted by molar-refractivity contribution is -0.121. The minimum atomic E-state index is 0.0648. The molecule has 148 valence electrons. The number of hydrogen-bond acceptors (Lipinski definition) is 2. The van der Waals surface area contributed by atoms with Crippen molar-refractivity contribution in [1.82, 2.24) is 5.32 Å². The summed E-state index contributed by atoms with van der Waals surface area (Å²) in [7, 11) is 0. The fraction of sp³-hybridized carbons (Fsp3) is 0.269. The molecule has 0 saturated carbocycles. The monoisotopic (exact) mass is 384 g/mol. The Hall–Kier alpha value is -3.07. The van der Waals surface area contributed by atoms with Crippen LogP contribution in [0.25, 0.3) is 0 Å². The van der Waals surface area contributed by atoms with Gasteiger partial charge in [0, 0.05) is 37.7 Å². The maximum atomic E-state index is 12.7. The molecule has 0 atom stereocenters. The van der Waals surface area contributed by atoms with Crippen molar-refractivity contribution < 1.29 is 4.79 Å². The van der Waals surface area contributed by atoms with Gasteiger partial charge in [0.05, 0.1) is 0 Å². The Morgan fingerprint density at radius 2 is 1.34 bits per heavy atom. The van der Waals surface area contributed by atoms with Gasteiger partial charge >= 0.3 is 0 Å². The smallest absolute Gasteiger partial charge is 0.221 e. The first-order valence-corrected chi connectivity index (χ1v) is 10.5. The molecule has 1 fully saturated rings. The zero-order valence-corrected chi connectivity index (χ0v) is 16.8. The third-order valence-electron chi connectivity index (χ3n) is 5.69. The van der Waals surface area contributed by atoms with E-state index in [2.05, 4.69) is 58.7 Å². The molecular formula is C26H28N2O. The predicted molar refractivity (Wildman–Crippen MR) is 119 cm³/mol. The normalized spacial score (nSPS) is 13.6. The molecule has 4 rings (SSSR count). The topological polar surface area (TPSA) is 32.3 Å². The molecule has 1 heterocycles. The molecule has 3 aromatic carbocycles.